The van der Waals surface area contributed by atoms with Crippen molar-refractivity contribution >= 4 is 34.9 Å². The normalized spacial score (nSPS) is 15.7. The first-order chi connectivity index (χ1) is 17.8. The van der Waals surface area contributed by atoms with Gasteiger partial charge in [-0.15, -0.1) is 0 Å². The predicted molar refractivity (Wildman–Crippen MR) is 146 cm³/mol. The fourth-order valence-corrected chi connectivity index (χ4v) is 6.17. The molecule has 0 radical (unpaired) electrons. The van der Waals surface area contributed by atoms with Crippen LogP contribution in [0.2, 0.25) is 0 Å². The van der Waals surface area contributed by atoms with Gasteiger partial charge in [-0.3, -0.25) is 23.6 Å². The molecule has 0 aliphatic carbocycles. The number of nitrogens with zero attached hydrogens (tertiary/aromatic N) is 5. The summed E-state index contributed by atoms with van der Waals surface area (Å²) in [7, 11) is 3.21. The lowest BCUT2D eigenvalue weighted by Gasteiger charge is -2.34. The summed E-state index contributed by atoms with van der Waals surface area (Å²) in [4.78, 5) is 45.1. The maximum atomic E-state index is 12.4. The SMILES string of the molecule is Cn1c(N2CCCN(CCN3c4ccccc4Sc4ccc(CC(=O)O)cc43)CC2)cc(=O)n(C)c1=O. The smallest absolute Gasteiger partial charge is 0.332 e. The van der Waals surface area contributed by atoms with Crippen molar-refractivity contribution in [1.29, 1.82) is 0 Å². The Morgan fingerprint density at radius 3 is 2.49 bits per heavy atom. The van der Waals surface area contributed by atoms with Crippen molar-refractivity contribution in [2.45, 2.75) is 22.6 Å². The molecule has 0 bridgehead atoms. The van der Waals surface area contributed by atoms with Crippen LogP contribution < -0.4 is 21.0 Å². The van der Waals surface area contributed by atoms with E-state index in [1.54, 1.807) is 29.4 Å². The Balaban J connectivity index is 1.33. The van der Waals surface area contributed by atoms with Crippen LogP contribution in [-0.2, 0) is 25.3 Å². The molecule has 0 saturated carbocycles. The van der Waals surface area contributed by atoms with Gasteiger partial charge in [0.2, 0.25) is 0 Å². The number of aromatic nitrogens is 2. The fourth-order valence-electron chi connectivity index (χ4n) is 5.09. The van der Waals surface area contributed by atoms with E-state index in [1.807, 2.05) is 30.3 Å². The van der Waals surface area contributed by atoms with E-state index in [-0.39, 0.29) is 17.7 Å². The van der Waals surface area contributed by atoms with Gasteiger partial charge in [0.25, 0.3) is 5.56 Å². The number of para-hydroxylation sites is 1. The molecule has 2 aliphatic heterocycles. The third kappa shape index (κ3) is 5.17. The lowest BCUT2D eigenvalue weighted by atomic mass is 10.1. The lowest BCUT2D eigenvalue weighted by molar-refractivity contribution is -0.136. The highest BCUT2D eigenvalue weighted by Crippen LogP contribution is 2.48. The van der Waals surface area contributed by atoms with Crippen LogP contribution in [0.25, 0.3) is 0 Å². The Bertz CT molecular complexity index is 1450. The number of hydrogen-bond acceptors (Lipinski definition) is 7. The minimum atomic E-state index is -0.835. The summed E-state index contributed by atoms with van der Waals surface area (Å²) >= 11 is 1.72. The van der Waals surface area contributed by atoms with Crippen molar-refractivity contribution in [1.82, 2.24) is 14.0 Å². The largest absolute Gasteiger partial charge is 0.481 e. The van der Waals surface area contributed by atoms with Crippen LogP contribution in [0, 0.1) is 0 Å². The molecule has 194 valence electrons. The van der Waals surface area contributed by atoms with Crippen molar-refractivity contribution in [2.24, 2.45) is 14.1 Å². The van der Waals surface area contributed by atoms with E-state index < -0.39 is 5.97 Å². The molecular formula is C27H31N5O4S. The van der Waals surface area contributed by atoms with Crippen LogP contribution in [-0.4, -0.2) is 64.4 Å². The summed E-state index contributed by atoms with van der Waals surface area (Å²) in [5, 5.41) is 9.29. The highest BCUT2D eigenvalue weighted by atomic mass is 32.2. The van der Waals surface area contributed by atoms with E-state index >= 15 is 0 Å². The predicted octanol–water partition coefficient (Wildman–Crippen LogP) is 2.53. The maximum absolute atomic E-state index is 12.4. The summed E-state index contributed by atoms with van der Waals surface area (Å²) < 4.78 is 2.67. The van der Waals surface area contributed by atoms with E-state index in [0.717, 1.165) is 72.1 Å². The van der Waals surface area contributed by atoms with Crippen molar-refractivity contribution < 1.29 is 9.90 Å². The number of aliphatic carboxylic acids is 1. The summed E-state index contributed by atoms with van der Waals surface area (Å²) in [6, 6.07) is 15.8. The van der Waals surface area contributed by atoms with Crippen molar-refractivity contribution in [2.75, 3.05) is 49.1 Å². The van der Waals surface area contributed by atoms with E-state index in [9.17, 15) is 19.5 Å². The van der Waals surface area contributed by atoms with E-state index in [2.05, 4.69) is 26.8 Å². The van der Waals surface area contributed by atoms with Crippen LogP contribution in [0.5, 0.6) is 0 Å². The first-order valence-corrected chi connectivity index (χ1v) is 13.3. The van der Waals surface area contributed by atoms with Crippen LogP contribution >= 0.6 is 11.8 Å². The minimum Gasteiger partial charge on any atom is -0.481 e. The molecule has 3 aromatic rings. The summed E-state index contributed by atoms with van der Waals surface area (Å²) in [5.41, 5.74) is 2.38. The topological polar surface area (TPSA) is 91.0 Å². The number of anilines is 3. The molecule has 0 amide bonds. The molecule has 2 aliphatic rings. The van der Waals surface area contributed by atoms with Gasteiger partial charge in [0.1, 0.15) is 5.82 Å². The average molecular weight is 522 g/mol. The van der Waals surface area contributed by atoms with Crippen molar-refractivity contribution in [3.05, 3.63) is 74.9 Å². The van der Waals surface area contributed by atoms with Crippen LogP contribution in [0.1, 0.15) is 12.0 Å². The van der Waals surface area contributed by atoms with Gasteiger partial charge in [0.05, 0.1) is 17.8 Å². The Morgan fingerprint density at radius 1 is 0.892 bits per heavy atom. The molecular weight excluding hydrogens is 490 g/mol. The molecule has 0 atom stereocenters. The van der Waals surface area contributed by atoms with Gasteiger partial charge in [-0.25, -0.2) is 4.79 Å². The second-order valence-corrected chi connectivity index (χ2v) is 10.6. The van der Waals surface area contributed by atoms with Gasteiger partial charge in [0, 0.05) is 62.7 Å². The minimum absolute atomic E-state index is 0.000484. The second kappa shape index (κ2) is 10.5. The maximum Gasteiger partial charge on any atom is 0.332 e. The Hall–Kier alpha value is -3.50. The molecule has 1 fully saturated rings. The van der Waals surface area contributed by atoms with Crippen LogP contribution in [0.15, 0.2) is 67.9 Å². The number of fused-ring (bicyclic) bond motifs is 2. The molecule has 1 aromatic heterocycles. The Labute approximate surface area is 219 Å². The lowest BCUT2D eigenvalue weighted by Crippen LogP contribution is -2.41. The van der Waals surface area contributed by atoms with Gasteiger partial charge < -0.3 is 14.9 Å². The number of carboxylic acid groups (broad SMARTS) is 1. The van der Waals surface area contributed by atoms with Gasteiger partial charge in [-0.05, 0) is 42.8 Å². The molecule has 9 nitrogen and oxygen atoms in total. The van der Waals surface area contributed by atoms with Gasteiger partial charge in [-0.1, -0.05) is 30.0 Å². The van der Waals surface area contributed by atoms with E-state index in [4.69, 9.17) is 0 Å². The molecule has 0 spiro atoms. The summed E-state index contributed by atoms with van der Waals surface area (Å²) in [5.74, 6) is -0.171. The molecule has 1 N–H and O–H groups in total. The van der Waals surface area contributed by atoms with Crippen molar-refractivity contribution in [3.8, 4) is 0 Å². The monoisotopic (exact) mass is 521 g/mol. The highest BCUT2D eigenvalue weighted by Gasteiger charge is 2.25. The molecule has 10 heteroatoms. The van der Waals surface area contributed by atoms with Crippen molar-refractivity contribution in [3.63, 3.8) is 0 Å². The number of carboxylic acids is 1. The van der Waals surface area contributed by atoms with E-state index in [1.165, 1.54) is 11.9 Å². The zero-order chi connectivity index (χ0) is 26.1. The molecule has 5 rings (SSSR count). The third-order valence-corrected chi connectivity index (χ3v) is 8.23. The van der Waals surface area contributed by atoms with Crippen LogP contribution in [0.3, 0.4) is 0 Å². The molecule has 1 saturated heterocycles. The standard InChI is InChI=1S/C27H31N5O4S/c1-28-24(18-25(33)29(2)27(28)36)31-11-5-10-30(12-14-31)13-15-32-20-6-3-4-7-22(20)37-23-9-8-19(16-21(23)32)17-26(34)35/h3-4,6-9,16,18H,5,10-15,17H2,1-2H3,(H,34,35). The first-order valence-electron chi connectivity index (χ1n) is 12.5. The number of rotatable bonds is 6. The molecule has 0 unspecified atom stereocenters. The van der Waals surface area contributed by atoms with Gasteiger partial charge in [-0.2, -0.15) is 0 Å². The molecule has 37 heavy (non-hydrogen) atoms. The van der Waals surface area contributed by atoms with Gasteiger partial charge >= 0.3 is 11.7 Å². The van der Waals surface area contributed by atoms with Crippen LogP contribution in [0.4, 0.5) is 17.2 Å². The highest BCUT2D eigenvalue weighted by molar-refractivity contribution is 7.99. The van der Waals surface area contributed by atoms with E-state index in [0.29, 0.717) is 5.82 Å². The number of hydrogen-bond donors (Lipinski definition) is 1. The van der Waals surface area contributed by atoms with Gasteiger partial charge in [0.15, 0.2) is 0 Å². The summed E-state index contributed by atoms with van der Waals surface area (Å²) in [6.45, 7) is 4.86. The summed E-state index contributed by atoms with van der Waals surface area (Å²) in [6.07, 6.45) is 0.926. The second-order valence-electron chi connectivity index (χ2n) is 9.52. The Morgan fingerprint density at radius 2 is 1.68 bits per heavy atom. The number of carbonyl (C=O) groups is 1. The zero-order valence-electron chi connectivity index (χ0n) is 21.1. The molecule has 3 heterocycles. The molecule has 2 aromatic carbocycles. The average Bonchev–Trinajstić information content (AvgIpc) is 3.13. The Kier molecular flexibility index (Phi) is 7.12. The number of benzene rings is 2. The third-order valence-electron chi connectivity index (χ3n) is 7.10. The fraction of sp³-hybridized carbons (Fsp3) is 0.370. The zero-order valence-corrected chi connectivity index (χ0v) is 21.9. The first kappa shape index (κ1) is 25.2. The quantitative estimate of drug-likeness (QED) is 0.529.